The maximum absolute atomic E-state index is 13.2. The van der Waals surface area contributed by atoms with E-state index in [-0.39, 0.29) is 28.4 Å². The van der Waals surface area contributed by atoms with Crippen LogP contribution in [0.3, 0.4) is 0 Å². The molecule has 2 aromatic carbocycles. The Bertz CT molecular complexity index is 1340. The third-order valence-corrected chi connectivity index (χ3v) is 4.85. The van der Waals surface area contributed by atoms with Gasteiger partial charge in [0.15, 0.2) is 0 Å². The number of fused-ring (bicyclic) bond motifs is 1. The Morgan fingerprint density at radius 3 is 2.58 bits per heavy atom. The Hall–Kier alpha value is -3.99. The van der Waals surface area contributed by atoms with Gasteiger partial charge in [0, 0.05) is 23.3 Å². The zero-order valence-electron chi connectivity index (χ0n) is 16.5. The van der Waals surface area contributed by atoms with Crippen LogP contribution in [0.5, 0.6) is 5.75 Å². The quantitative estimate of drug-likeness (QED) is 0.272. The zero-order valence-corrected chi connectivity index (χ0v) is 17.3. The third-order valence-electron chi connectivity index (χ3n) is 4.55. The van der Waals surface area contributed by atoms with E-state index in [0.29, 0.717) is 23.2 Å². The number of nitro benzene ring substituents is 1. The number of halogens is 4. The summed E-state index contributed by atoms with van der Waals surface area (Å²) in [6.07, 6.45) is -2.21. The molecule has 0 aliphatic rings. The Kier molecular flexibility index (Phi) is 5.97. The van der Waals surface area contributed by atoms with E-state index in [1.165, 1.54) is 6.07 Å². The Balaban J connectivity index is 1.63. The minimum absolute atomic E-state index is 0.0452. The summed E-state index contributed by atoms with van der Waals surface area (Å²) in [6, 6.07) is 11.6. The lowest BCUT2D eigenvalue weighted by molar-refractivity contribution is -0.387. The van der Waals surface area contributed by atoms with E-state index >= 15 is 0 Å². The molecule has 0 aliphatic heterocycles. The lowest BCUT2D eigenvalue weighted by Gasteiger charge is -2.13. The molecule has 2 aromatic heterocycles. The van der Waals surface area contributed by atoms with Gasteiger partial charge in [0.25, 0.3) is 5.69 Å². The monoisotopic (exact) mass is 475 g/mol. The molecule has 0 spiro atoms. The predicted octanol–water partition coefficient (Wildman–Crippen LogP) is 5.93. The highest BCUT2D eigenvalue weighted by Crippen LogP contribution is 2.39. The second-order valence-corrected chi connectivity index (χ2v) is 7.15. The number of hydrogen-bond donors (Lipinski definition) is 1. The van der Waals surface area contributed by atoms with Crippen molar-refractivity contribution in [3.63, 3.8) is 0 Å². The van der Waals surface area contributed by atoms with E-state index in [4.69, 9.17) is 16.3 Å². The van der Waals surface area contributed by atoms with Gasteiger partial charge in [0.2, 0.25) is 0 Å². The summed E-state index contributed by atoms with van der Waals surface area (Å²) in [6.45, 7) is 0.203. The molecule has 8 nitrogen and oxygen atoms in total. The topological polar surface area (TPSA) is 103 Å². The summed E-state index contributed by atoms with van der Waals surface area (Å²) in [7, 11) is 0. The predicted molar refractivity (Wildman–Crippen MR) is 114 cm³/mol. The van der Waals surface area contributed by atoms with E-state index < -0.39 is 22.4 Å². The molecule has 0 saturated heterocycles. The molecule has 0 atom stereocenters. The molecule has 0 amide bonds. The minimum Gasteiger partial charge on any atom is -0.486 e. The maximum Gasteiger partial charge on any atom is 0.423 e. The van der Waals surface area contributed by atoms with Crippen molar-refractivity contribution in [2.75, 3.05) is 5.32 Å². The van der Waals surface area contributed by atoms with Crippen LogP contribution in [0.25, 0.3) is 10.9 Å². The van der Waals surface area contributed by atoms with Crippen LogP contribution in [-0.4, -0.2) is 19.9 Å². The van der Waals surface area contributed by atoms with Crippen LogP contribution >= 0.6 is 11.6 Å². The fraction of sp³-hybridized carbons (Fsp3) is 0.0952. The number of rotatable bonds is 6. The van der Waals surface area contributed by atoms with E-state index in [0.717, 1.165) is 12.4 Å². The summed E-state index contributed by atoms with van der Waals surface area (Å²) in [5.74, 6) is 0.473. The largest absolute Gasteiger partial charge is 0.486 e. The lowest BCUT2D eigenvalue weighted by atomic mass is 10.1. The molecule has 0 bridgehead atoms. The van der Waals surface area contributed by atoms with E-state index in [9.17, 15) is 23.3 Å². The molecule has 168 valence electrons. The fourth-order valence-corrected chi connectivity index (χ4v) is 3.27. The molecule has 4 rings (SSSR count). The van der Waals surface area contributed by atoms with E-state index in [2.05, 4.69) is 20.3 Å². The number of nitro groups is 1. The average Bonchev–Trinajstić information content (AvgIpc) is 2.78. The number of benzene rings is 2. The average molecular weight is 476 g/mol. The number of alkyl halides is 3. The van der Waals surface area contributed by atoms with Crippen LogP contribution in [-0.2, 0) is 12.8 Å². The molecule has 0 fully saturated rings. The second-order valence-electron chi connectivity index (χ2n) is 6.74. The number of nitrogens with one attached hydrogen (secondary N) is 1. The Morgan fingerprint density at radius 1 is 1.09 bits per heavy atom. The second kappa shape index (κ2) is 8.87. The van der Waals surface area contributed by atoms with Crippen molar-refractivity contribution in [1.29, 1.82) is 0 Å². The summed E-state index contributed by atoms with van der Waals surface area (Å²) in [5.41, 5.74) is -1.44. The van der Waals surface area contributed by atoms with E-state index in [1.54, 1.807) is 30.5 Å². The molecule has 33 heavy (non-hydrogen) atoms. The van der Waals surface area contributed by atoms with Gasteiger partial charge in [0.05, 0.1) is 21.2 Å². The van der Waals surface area contributed by atoms with Gasteiger partial charge in [-0.3, -0.25) is 15.1 Å². The maximum atomic E-state index is 13.2. The van der Waals surface area contributed by atoms with Crippen LogP contribution in [0.4, 0.5) is 30.4 Å². The smallest absolute Gasteiger partial charge is 0.423 e. The number of ether oxygens (including phenoxy) is 1. The zero-order chi connectivity index (χ0) is 23.6. The van der Waals surface area contributed by atoms with Gasteiger partial charge in [-0.05, 0) is 36.4 Å². The van der Waals surface area contributed by atoms with Crippen LogP contribution in [0.1, 0.15) is 11.3 Å². The number of aromatic nitrogens is 3. The molecule has 0 saturated carbocycles. The molecule has 4 aromatic rings. The van der Waals surface area contributed by atoms with Crippen molar-refractivity contribution in [1.82, 2.24) is 15.0 Å². The number of hydrogen-bond acceptors (Lipinski definition) is 7. The normalized spacial score (nSPS) is 11.4. The van der Waals surface area contributed by atoms with E-state index in [1.807, 2.05) is 6.07 Å². The first kappa shape index (κ1) is 22.2. The number of anilines is 2. The number of nitrogens with zero attached hydrogens (tertiary/aromatic N) is 4. The van der Waals surface area contributed by atoms with Crippen molar-refractivity contribution < 1.29 is 22.8 Å². The van der Waals surface area contributed by atoms with Crippen LogP contribution < -0.4 is 10.1 Å². The highest BCUT2D eigenvalue weighted by molar-refractivity contribution is 6.32. The first-order chi connectivity index (χ1) is 15.7. The summed E-state index contributed by atoms with van der Waals surface area (Å²) >= 11 is 6.29. The van der Waals surface area contributed by atoms with Gasteiger partial charge in [0.1, 0.15) is 30.1 Å². The van der Waals surface area contributed by atoms with Gasteiger partial charge >= 0.3 is 6.18 Å². The molecule has 1 N–H and O–H groups in total. The third kappa shape index (κ3) is 4.93. The van der Waals surface area contributed by atoms with Crippen LogP contribution in [0.15, 0.2) is 61.1 Å². The highest BCUT2D eigenvalue weighted by Gasteiger charge is 2.39. The van der Waals surface area contributed by atoms with Crippen molar-refractivity contribution in [3.8, 4) is 5.75 Å². The fourth-order valence-electron chi connectivity index (χ4n) is 3.04. The SMILES string of the molecule is O=[N+]([O-])c1cc2c(Nc3ccc(OCc4ccccn4)c(Cl)c3)ncnc2cc1C(F)(F)F. The van der Waals surface area contributed by atoms with Gasteiger partial charge in [-0.15, -0.1) is 0 Å². The van der Waals surface area contributed by atoms with Crippen molar-refractivity contribution in [3.05, 3.63) is 87.4 Å². The highest BCUT2D eigenvalue weighted by atomic mass is 35.5. The summed E-state index contributed by atoms with van der Waals surface area (Å²) in [4.78, 5) is 22.1. The molecule has 0 aliphatic carbocycles. The first-order valence-corrected chi connectivity index (χ1v) is 9.70. The van der Waals surface area contributed by atoms with Crippen molar-refractivity contribution in [2.45, 2.75) is 12.8 Å². The van der Waals surface area contributed by atoms with Crippen molar-refractivity contribution >= 4 is 39.7 Å². The van der Waals surface area contributed by atoms with Gasteiger partial charge in [-0.25, -0.2) is 9.97 Å². The minimum atomic E-state index is -4.91. The van der Waals surface area contributed by atoms with Crippen molar-refractivity contribution in [2.24, 2.45) is 0 Å². The summed E-state index contributed by atoms with van der Waals surface area (Å²) < 4.78 is 45.4. The van der Waals surface area contributed by atoms with Gasteiger partial charge in [-0.1, -0.05) is 17.7 Å². The molecule has 12 heteroatoms. The first-order valence-electron chi connectivity index (χ1n) is 9.32. The lowest BCUT2D eigenvalue weighted by Crippen LogP contribution is -2.09. The molecule has 0 radical (unpaired) electrons. The molecular weight excluding hydrogens is 463 g/mol. The van der Waals surface area contributed by atoms with Crippen LogP contribution in [0.2, 0.25) is 5.02 Å². The molecule has 2 heterocycles. The number of pyridine rings is 1. The molecule has 0 unspecified atom stereocenters. The summed E-state index contributed by atoms with van der Waals surface area (Å²) in [5, 5.41) is 14.5. The molecular formula is C21H13ClF3N5O3. The van der Waals surface area contributed by atoms with Gasteiger partial charge in [-0.2, -0.15) is 13.2 Å². The Morgan fingerprint density at radius 2 is 1.91 bits per heavy atom. The van der Waals surface area contributed by atoms with Crippen LogP contribution in [0, 0.1) is 10.1 Å². The Labute approximate surface area is 189 Å². The van der Waals surface area contributed by atoms with Gasteiger partial charge < -0.3 is 10.1 Å². The standard InChI is InChI=1S/C21H13ClF3N5O3/c22-16-7-12(4-5-19(16)33-10-13-3-1-2-6-26-13)29-20-14-8-18(30(31)32)15(21(23,24)25)9-17(14)27-11-28-20/h1-9,11H,10H2,(H,27,28,29).